The van der Waals surface area contributed by atoms with E-state index in [1.807, 2.05) is 43.5 Å². The largest absolute Gasteiger partial charge is 0.467 e. The summed E-state index contributed by atoms with van der Waals surface area (Å²) in [6.07, 6.45) is 3.34. The summed E-state index contributed by atoms with van der Waals surface area (Å²) in [6.45, 7) is 2.60. The quantitative estimate of drug-likeness (QED) is 0.756. The minimum atomic E-state index is -0.194. The first kappa shape index (κ1) is 15.1. The van der Waals surface area contributed by atoms with E-state index in [9.17, 15) is 4.79 Å². The fourth-order valence-electron chi connectivity index (χ4n) is 2.27. The number of rotatable bonds is 5. The van der Waals surface area contributed by atoms with Gasteiger partial charge in [-0.2, -0.15) is 5.10 Å². The van der Waals surface area contributed by atoms with Gasteiger partial charge in [0.25, 0.3) is 5.91 Å². The van der Waals surface area contributed by atoms with Crippen molar-refractivity contribution in [3.63, 3.8) is 0 Å². The number of nitrogens with zero attached hydrogens (tertiary/aromatic N) is 2. The minimum Gasteiger partial charge on any atom is -0.467 e. The Labute approximate surface area is 133 Å². The highest BCUT2D eigenvalue weighted by Gasteiger charge is 2.11. The lowest BCUT2D eigenvalue weighted by molar-refractivity contribution is 0.0950. The Balaban J connectivity index is 1.69. The van der Waals surface area contributed by atoms with E-state index in [4.69, 9.17) is 10.2 Å². The molecule has 1 amide bonds. The van der Waals surface area contributed by atoms with Gasteiger partial charge in [0.2, 0.25) is 0 Å². The summed E-state index contributed by atoms with van der Waals surface area (Å²) < 4.78 is 6.98. The van der Waals surface area contributed by atoms with Crippen LogP contribution in [-0.2, 0) is 13.1 Å². The zero-order valence-corrected chi connectivity index (χ0v) is 12.8. The topological polar surface area (TPSA) is 86.1 Å². The first-order valence-corrected chi connectivity index (χ1v) is 7.33. The van der Waals surface area contributed by atoms with Crippen molar-refractivity contribution < 1.29 is 9.21 Å². The lowest BCUT2D eigenvalue weighted by Crippen LogP contribution is -2.22. The van der Waals surface area contributed by atoms with Crippen LogP contribution in [0.4, 0.5) is 0 Å². The normalized spacial score (nSPS) is 10.7. The smallest absolute Gasteiger partial charge is 0.254 e. The molecule has 3 N–H and O–H groups in total. The zero-order valence-electron chi connectivity index (χ0n) is 12.8. The molecule has 0 aliphatic heterocycles. The first-order chi connectivity index (χ1) is 11.2. The van der Waals surface area contributed by atoms with Crippen LogP contribution in [0, 0.1) is 6.92 Å². The maximum Gasteiger partial charge on any atom is 0.254 e. The van der Waals surface area contributed by atoms with Gasteiger partial charge in [-0.05, 0) is 25.1 Å². The van der Waals surface area contributed by atoms with E-state index in [2.05, 4.69) is 10.4 Å². The van der Waals surface area contributed by atoms with Crippen molar-refractivity contribution in [1.82, 2.24) is 15.1 Å². The third-order valence-electron chi connectivity index (χ3n) is 3.58. The Morgan fingerprint density at radius 3 is 2.83 bits per heavy atom. The maximum absolute atomic E-state index is 12.1. The molecule has 0 aliphatic carbocycles. The third-order valence-corrected chi connectivity index (χ3v) is 3.58. The van der Waals surface area contributed by atoms with E-state index in [0.717, 1.165) is 16.9 Å². The Morgan fingerprint density at radius 1 is 1.35 bits per heavy atom. The van der Waals surface area contributed by atoms with Crippen LogP contribution in [0.2, 0.25) is 0 Å². The van der Waals surface area contributed by atoms with Crippen LogP contribution in [0.1, 0.15) is 27.4 Å². The molecule has 23 heavy (non-hydrogen) atoms. The molecule has 0 aliphatic rings. The average Bonchev–Trinajstić information content (AvgIpc) is 3.20. The maximum atomic E-state index is 12.1. The number of para-hydroxylation sites is 1. The number of furan rings is 1. The number of benzene rings is 1. The van der Waals surface area contributed by atoms with Gasteiger partial charge in [-0.25, -0.2) is 4.68 Å². The van der Waals surface area contributed by atoms with Gasteiger partial charge in [0.05, 0.1) is 23.5 Å². The number of nitrogens with one attached hydrogen (secondary N) is 1. The minimum absolute atomic E-state index is 0.194. The number of hydrogen-bond acceptors (Lipinski definition) is 4. The molecule has 6 heteroatoms. The first-order valence-electron chi connectivity index (χ1n) is 7.33. The summed E-state index contributed by atoms with van der Waals surface area (Å²) in [5.74, 6) is 0.392. The molecule has 0 fully saturated rings. The molecule has 1 aromatic carbocycles. The Morgan fingerprint density at radius 2 is 2.13 bits per heavy atom. The molecular formula is C17H18N4O2. The fraction of sp³-hybridized carbons (Fsp3) is 0.176. The molecule has 6 nitrogen and oxygen atoms in total. The SMILES string of the molecule is Cc1nn(-c2ccccc2)cc1CNC(=O)c1coc(CN)c1. The van der Waals surface area contributed by atoms with Crippen molar-refractivity contribution in [3.05, 3.63) is 71.4 Å². The van der Waals surface area contributed by atoms with Gasteiger partial charge >= 0.3 is 0 Å². The number of hydrogen-bond donors (Lipinski definition) is 2. The highest BCUT2D eigenvalue weighted by Crippen LogP contribution is 2.12. The van der Waals surface area contributed by atoms with Gasteiger partial charge in [-0.1, -0.05) is 18.2 Å². The summed E-state index contributed by atoms with van der Waals surface area (Å²) in [5, 5.41) is 7.34. The van der Waals surface area contributed by atoms with Crippen LogP contribution >= 0.6 is 0 Å². The molecular weight excluding hydrogens is 292 g/mol. The van der Waals surface area contributed by atoms with Crippen molar-refractivity contribution in [2.24, 2.45) is 5.73 Å². The summed E-state index contributed by atoms with van der Waals surface area (Å²) in [4.78, 5) is 12.1. The highest BCUT2D eigenvalue weighted by molar-refractivity contribution is 5.93. The second-order valence-electron chi connectivity index (χ2n) is 5.21. The fourth-order valence-corrected chi connectivity index (χ4v) is 2.27. The van der Waals surface area contributed by atoms with Gasteiger partial charge in [0.1, 0.15) is 12.0 Å². The molecule has 3 aromatic rings. The van der Waals surface area contributed by atoms with Crippen molar-refractivity contribution in [1.29, 1.82) is 0 Å². The van der Waals surface area contributed by atoms with Crippen LogP contribution in [0.25, 0.3) is 5.69 Å². The summed E-state index contributed by atoms with van der Waals surface area (Å²) in [5.41, 5.74) is 8.76. The van der Waals surface area contributed by atoms with E-state index in [1.165, 1.54) is 6.26 Å². The molecule has 3 rings (SSSR count). The molecule has 2 aromatic heterocycles. The van der Waals surface area contributed by atoms with Crippen LogP contribution in [0.5, 0.6) is 0 Å². The van der Waals surface area contributed by atoms with E-state index in [-0.39, 0.29) is 12.5 Å². The number of carbonyl (C=O) groups excluding carboxylic acids is 1. The van der Waals surface area contributed by atoms with Gasteiger partial charge < -0.3 is 15.5 Å². The van der Waals surface area contributed by atoms with Crippen molar-refractivity contribution in [3.8, 4) is 5.69 Å². The van der Waals surface area contributed by atoms with Crippen molar-refractivity contribution >= 4 is 5.91 Å². The van der Waals surface area contributed by atoms with E-state index in [1.54, 1.807) is 10.7 Å². The molecule has 0 saturated heterocycles. The van der Waals surface area contributed by atoms with E-state index in [0.29, 0.717) is 17.9 Å². The standard InChI is InChI=1S/C17H18N4O2/c1-12-14(10-21(20-12)15-5-3-2-4-6-15)9-19-17(22)13-7-16(8-18)23-11-13/h2-7,10-11H,8-9,18H2,1H3,(H,19,22). The molecule has 0 radical (unpaired) electrons. The molecule has 0 atom stereocenters. The number of aryl methyl sites for hydroxylation is 1. The van der Waals surface area contributed by atoms with Crippen molar-refractivity contribution in [2.45, 2.75) is 20.0 Å². The molecule has 0 saturated carbocycles. The second kappa shape index (κ2) is 6.50. The molecule has 0 unspecified atom stereocenters. The molecule has 118 valence electrons. The lowest BCUT2D eigenvalue weighted by Gasteiger charge is -2.02. The zero-order chi connectivity index (χ0) is 16.2. The highest BCUT2D eigenvalue weighted by atomic mass is 16.3. The number of amides is 1. The van der Waals surface area contributed by atoms with E-state index < -0.39 is 0 Å². The van der Waals surface area contributed by atoms with Crippen LogP contribution in [-0.4, -0.2) is 15.7 Å². The number of aromatic nitrogens is 2. The van der Waals surface area contributed by atoms with Gasteiger partial charge in [-0.15, -0.1) is 0 Å². The predicted molar refractivity (Wildman–Crippen MR) is 86.1 cm³/mol. The Hall–Kier alpha value is -2.86. The molecule has 0 spiro atoms. The lowest BCUT2D eigenvalue weighted by atomic mass is 10.2. The average molecular weight is 310 g/mol. The monoisotopic (exact) mass is 310 g/mol. The van der Waals surface area contributed by atoms with Crippen LogP contribution < -0.4 is 11.1 Å². The van der Waals surface area contributed by atoms with Crippen molar-refractivity contribution in [2.75, 3.05) is 0 Å². The van der Waals surface area contributed by atoms with Crippen LogP contribution in [0.15, 0.2) is 53.3 Å². The summed E-state index contributed by atoms with van der Waals surface area (Å²) in [6, 6.07) is 11.5. The summed E-state index contributed by atoms with van der Waals surface area (Å²) >= 11 is 0. The second-order valence-corrected chi connectivity index (χ2v) is 5.21. The Bertz CT molecular complexity index is 805. The van der Waals surface area contributed by atoms with Gasteiger partial charge in [-0.3, -0.25) is 4.79 Å². The van der Waals surface area contributed by atoms with Gasteiger partial charge in [0.15, 0.2) is 0 Å². The molecule has 0 bridgehead atoms. The number of carbonyl (C=O) groups is 1. The summed E-state index contributed by atoms with van der Waals surface area (Å²) in [7, 11) is 0. The van der Waals surface area contributed by atoms with E-state index >= 15 is 0 Å². The third kappa shape index (κ3) is 3.32. The van der Waals surface area contributed by atoms with Crippen LogP contribution in [0.3, 0.4) is 0 Å². The predicted octanol–water partition coefficient (Wildman–Crippen LogP) is 2.16. The number of nitrogens with two attached hydrogens (primary N) is 1. The Kier molecular flexibility index (Phi) is 4.25. The van der Waals surface area contributed by atoms with Gasteiger partial charge in [0, 0.05) is 18.3 Å². The molecule has 2 heterocycles.